The van der Waals surface area contributed by atoms with E-state index in [4.69, 9.17) is 14.2 Å². The molecular formula is C22H32FNO4. The molecule has 0 aromatic heterocycles. The van der Waals surface area contributed by atoms with E-state index in [1.807, 2.05) is 12.1 Å². The molecule has 0 radical (unpaired) electrons. The van der Waals surface area contributed by atoms with Gasteiger partial charge in [-0.2, -0.15) is 0 Å². The summed E-state index contributed by atoms with van der Waals surface area (Å²) in [5, 5.41) is 0. The lowest BCUT2D eigenvalue weighted by atomic mass is 9.71. The van der Waals surface area contributed by atoms with Gasteiger partial charge in [-0.1, -0.05) is 13.8 Å². The van der Waals surface area contributed by atoms with Gasteiger partial charge in [-0.25, -0.2) is 4.39 Å². The smallest absolute Gasteiger partial charge is 0.303 e. The number of fused-ring (bicyclic) bond motifs is 3. The number of ether oxygens (including phenoxy) is 3. The average molecular weight is 393 g/mol. The summed E-state index contributed by atoms with van der Waals surface area (Å²) in [5.74, 6) is 1.36. The predicted molar refractivity (Wildman–Crippen MR) is 106 cm³/mol. The molecule has 3 rings (SSSR count). The molecule has 2 aliphatic rings. The zero-order valence-corrected chi connectivity index (χ0v) is 17.6. The van der Waals surface area contributed by atoms with Gasteiger partial charge < -0.3 is 14.2 Å². The molecule has 0 aliphatic carbocycles. The van der Waals surface area contributed by atoms with E-state index in [1.54, 1.807) is 14.2 Å². The Kier molecular flexibility index (Phi) is 6.18. The van der Waals surface area contributed by atoms with Gasteiger partial charge in [-0.3, -0.25) is 9.69 Å². The van der Waals surface area contributed by atoms with Crippen LogP contribution in [0.1, 0.15) is 50.8 Å². The maximum atomic E-state index is 14.5. The fourth-order valence-electron chi connectivity index (χ4n) is 4.94. The first-order valence-electron chi connectivity index (χ1n) is 10.1. The number of hydrogen-bond acceptors (Lipinski definition) is 5. The van der Waals surface area contributed by atoms with Gasteiger partial charge in [-0.05, 0) is 42.0 Å². The Balaban J connectivity index is 2.01. The summed E-state index contributed by atoms with van der Waals surface area (Å²) in [5.41, 5.74) is 1.24. The van der Waals surface area contributed by atoms with Crippen LogP contribution in [0.25, 0.3) is 0 Å². The number of rotatable bonds is 6. The predicted octanol–water partition coefficient (Wildman–Crippen LogP) is 3.94. The first kappa shape index (κ1) is 20.9. The monoisotopic (exact) mass is 393 g/mol. The molecule has 2 unspecified atom stereocenters. The van der Waals surface area contributed by atoms with Crippen molar-refractivity contribution in [2.75, 3.05) is 34.0 Å². The lowest BCUT2D eigenvalue weighted by Gasteiger charge is -2.52. The van der Waals surface area contributed by atoms with E-state index >= 15 is 0 Å². The SMILES string of the molecule is COc1cc2c(cc1OC)C1C[C@@](CF)(OC(C)=O)C(CC(C)C)CN1CC2. The summed E-state index contributed by atoms with van der Waals surface area (Å²) in [6.45, 7) is 6.62. The molecule has 1 aromatic rings. The van der Waals surface area contributed by atoms with Gasteiger partial charge >= 0.3 is 5.97 Å². The van der Waals surface area contributed by atoms with Crippen LogP contribution in [0.3, 0.4) is 0 Å². The topological polar surface area (TPSA) is 48.0 Å². The molecule has 5 nitrogen and oxygen atoms in total. The van der Waals surface area contributed by atoms with Crippen LogP contribution in [0.15, 0.2) is 12.1 Å². The van der Waals surface area contributed by atoms with Crippen molar-refractivity contribution in [3.8, 4) is 11.5 Å². The van der Waals surface area contributed by atoms with E-state index in [1.165, 1.54) is 12.5 Å². The third-order valence-corrected chi connectivity index (χ3v) is 6.18. The Morgan fingerprint density at radius 3 is 2.54 bits per heavy atom. The molecule has 3 atom stereocenters. The molecule has 0 spiro atoms. The van der Waals surface area contributed by atoms with Gasteiger partial charge in [0.05, 0.1) is 14.2 Å². The minimum absolute atomic E-state index is 0.00192. The second-order valence-corrected chi connectivity index (χ2v) is 8.49. The van der Waals surface area contributed by atoms with Crippen LogP contribution in [0.5, 0.6) is 11.5 Å². The minimum atomic E-state index is -1.07. The first-order chi connectivity index (χ1) is 13.3. The molecule has 0 bridgehead atoms. The number of carbonyl (C=O) groups is 1. The zero-order chi connectivity index (χ0) is 20.5. The summed E-state index contributed by atoms with van der Waals surface area (Å²) in [7, 11) is 3.25. The van der Waals surface area contributed by atoms with Crippen LogP contribution in [0.2, 0.25) is 0 Å². The molecule has 1 fully saturated rings. The van der Waals surface area contributed by atoms with Crippen LogP contribution in [0, 0.1) is 11.8 Å². The van der Waals surface area contributed by atoms with Crippen LogP contribution in [0.4, 0.5) is 4.39 Å². The van der Waals surface area contributed by atoms with Crippen LogP contribution < -0.4 is 9.47 Å². The van der Waals surface area contributed by atoms with E-state index in [0.29, 0.717) is 23.8 Å². The highest BCUT2D eigenvalue weighted by atomic mass is 19.1. The largest absolute Gasteiger partial charge is 0.493 e. The fourth-order valence-corrected chi connectivity index (χ4v) is 4.94. The maximum Gasteiger partial charge on any atom is 0.303 e. The Bertz CT molecular complexity index is 723. The lowest BCUT2D eigenvalue weighted by molar-refractivity contribution is -0.181. The summed E-state index contributed by atoms with van der Waals surface area (Å²) < 4.78 is 31.1. The molecule has 0 amide bonds. The fraction of sp³-hybridized carbons (Fsp3) is 0.682. The zero-order valence-electron chi connectivity index (χ0n) is 17.6. The third-order valence-electron chi connectivity index (χ3n) is 6.18. The molecule has 2 heterocycles. The number of nitrogens with zero attached hydrogens (tertiary/aromatic N) is 1. The normalized spacial score (nSPS) is 27.1. The maximum absolute atomic E-state index is 14.5. The Labute approximate surface area is 167 Å². The number of carbonyl (C=O) groups excluding carboxylic acids is 1. The van der Waals surface area contributed by atoms with Crippen molar-refractivity contribution in [2.45, 2.75) is 51.7 Å². The number of piperidine rings is 1. The quantitative estimate of drug-likeness (QED) is 0.685. The Morgan fingerprint density at radius 2 is 1.96 bits per heavy atom. The molecule has 28 heavy (non-hydrogen) atoms. The first-order valence-corrected chi connectivity index (χ1v) is 10.1. The van der Waals surface area contributed by atoms with Crippen molar-refractivity contribution in [1.29, 1.82) is 0 Å². The summed E-state index contributed by atoms with van der Waals surface area (Å²) in [6, 6.07) is 4.03. The molecule has 0 saturated carbocycles. The van der Waals surface area contributed by atoms with Crippen molar-refractivity contribution in [2.24, 2.45) is 11.8 Å². The van der Waals surface area contributed by atoms with Crippen molar-refractivity contribution >= 4 is 5.97 Å². The molecular weight excluding hydrogens is 361 g/mol. The summed E-state index contributed by atoms with van der Waals surface area (Å²) in [4.78, 5) is 14.3. The number of halogens is 1. The molecule has 2 aliphatic heterocycles. The van der Waals surface area contributed by atoms with E-state index in [0.717, 1.165) is 31.5 Å². The molecule has 1 saturated heterocycles. The van der Waals surface area contributed by atoms with Crippen molar-refractivity contribution in [3.05, 3.63) is 23.3 Å². The van der Waals surface area contributed by atoms with E-state index in [2.05, 4.69) is 18.7 Å². The van der Waals surface area contributed by atoms with E-state index in [9.17, 15) is 9.18 Å². The minimum Gasteiger partial charge on any atom is -0.493 e. The van der Waals surface area contributed by atoms with Crippen molar-refractivity contribution in [3.63, 3.8) is 0 Å². The molecule has 0 N–H and O–H groups in total. The highest BCUT2D eigenvalue weighted by Gasteiger charge is 2.51. The molecule has 156 valence electrons. The van der Waals surface area contributed by atoms with Gasteiger partial charge in [-0.15, -0.1) is 0 Å². The van der Waals surface area contributed by atoms with Gasteiger partial charge in [0, 0.05) is 38.4 Å². The van der Waals surface area contributed by atoms with Gasteiger partial charge in [0.25, 0.3) is 0 Å². The van der Waals surface area contributed by atoms with E-state index < -0.39 is 18.2 Å². The Morgan fingerprint density at radius 1 is 1.29 bits per heavy atom. The summed E-state index contributed by atoms with van der Waals surface area (Å²) >= 11 is 0. The second-order valence-electron chi connectivity index (χ2n) is 8.49. The second kappa shape index (κ2) is 8.27. The number of hydrogen-bond donors (Lipinski definition) is 0. The van der Waals surface area contributed by atoms with Gasteiger partial charge in [0.2, 0.25) is 0 Å². The highest BCUT2D eigenvalue weighted by molar-refractivity contribution is 5.66. The average Bonchev–Trinajstić information content (AvgIpc) is 2.66. The van der Waals surface area contributed by atoms with Crippen LogP contribution >= 0.6 is 0 Å². The van der Waals surface area contributed by atoms with Crippen LogP contribution in [-0.2, 0) is 16.0 Å². The van der Waals surface area contributed by atoms with Crippen LogP contribution in [-0.4, -0.2) is 50.5 Å². The molecule has 1 aromatic carbocycles. The number of esters is 1. The standard InChI is InChI=1S/C22H32FNO4/c1-14(2)8-17-12-24-7-6-16-9-20(26-4)21(27-5)10-18(16)19(24)11-22(17,13-23)28-15(3)25/h9-10,14,17,19H,6-8,11-13H2,1-5H3/t17?,19?,22-/m0/s1. The van der Waals surface area contributed by atoms with Gasteiger partial charge in [0.1, 0.15) is 12.3 Å². The number of methoxy groups -OCH3 is 2. The van der Waals surface area contributed by atoms with Crippen molar-refractivity contribution < 1.29 is 23.4 Å². The third kappa shape index (κ3) is 3.84. The highest BCUT2D eigenvalue weighted by Crippen LogP contribution is 2.48. The molecule has 6 heteroatoms. The number of alkyl halides is 1. The Hall–Kier alpha value is -1.82. The van der Waals surface area contributed by atoms with E-state index in [-0.39, 0.29) is 12.0 Å². The van der Waals surface area contributed by atoms with Gasteiger partial charge in [0.15, 0.2) is 11.5 Å². The number of benzene rings is 1. The summed E-state index contributed by atoms with van der Waals surface area (Å²) in [6.07, 6.45) is 2.21. The van der Waals surface area contributed by atoms with Crippen molar-refractivity contribution in [1.82, 2.24) is 4.90 Å². The lowest BCUT2D eigenvalue weighted by Crippen LogP contribution is -2.58.